The molecule has 180 valence electrons. The van der Waals surface area contributed by atoms with Gasteiger partial charge < -0.3 is 20.9 Å². The number of nitrogens with one attached hydrogen (secondary N) is 4. The number of carbonyl (C=O) groups excluding carboxylic acids is 1. The first-order valence-electron chi connectivity index (χ1n) is 11.4. The Balaban J connectivity index is 1.25. The lowest BCUT2D eigenvalue weighted by atomic mass is 10.1. The van der Waals surface area contributed by atoms with E-state index < -0.39 is 5.82 Å². The third kappa shape index (κ3) is 5.59. The van der Waals surface area contributed by atoms with Crippen LogP contribution in [0.1, 0.15) is 5.56 Å². The molecule has 8 nitrogen and oxygen atoms in total. The van der Waals surface area contributed by atoms with Crippen LogP contribution in [-0.4, -0.2) is 58.5 Å². The van der Waals surface area contributed by atoms with Gasteiger partial charge in [-0.15, -0.1) is 0 Å². The third-order valence-electron chi connectivity index (χ3n) is 5.94. The van der Waals surface area contributed by atoms with Crippen molar-refractivity contribution in [2.24, 2.45) is 0 Å². The molecule has 1 aliphatic heterocycles. The second-order valence-electron chi connectivity index (χ2n) is 8.42. The summed E-state index contributed by atoms with van der Waals surface area (Å²) >= 11 is 5.90. The van der Waals surface area contributed by atoms with Gasteiger partial charge in [-0.1, -0.05) is 35.9 Å². The van der Waals surface area contributed by atoms with Crippen LogP contribution in [0.5, 0.6) is 0 Å². The number of amides is 1. The van der Waals surface area contributed by atoms with E-state index >= 15 is 0 Å². The van der Waals surface area contributed by atoms with Gasteiger partial charge >= 0.3 is 0 Å². The highest BCUT2D eigenvalue weighted by Gasteiger charge is 2.14. The van der Waals surface area contributed by atoms with Crippen molar-refractivity contribution >= 4 is 40.0 Å². The number of H-pyrrole nitrogens is 1. The van der Waals surface area contributed by atoms with Crippen LogP contribution in [0.25, 0.3) is 22.3 Å². The normalized spacial score (nSPS) is 14.2. The lowest BCUT2D eigenvalue weighted by molar-refractivity contribution is -0.122. The van der Waals surface area contributed by atoms with Gasteiger partial charge in [-0.2, -0.15) is 0 Å². The van der Waals surface area contributed by atoms with E-state index in [9.17, 15) is 9.18 Å². The van der Waals surface area contributed by atoms with Gasteiger partial charge in [0.1, 0.15) is 23.6 Å². The molecule has 4 aromatic rings. The summed E-state index contributed by atoms with van der Waals surface area (Å²) in [6.07, 6.45) is 1.46. The highest BCUT2D eigenvalue weighted by molar-refractivity contribution is 6.31. The van der Waals surface area contributed by atoms with E-state index in [2.05, 4.69) is 35.8 Å². The molecule has 0 unspecified atom stereocenters. The Labute approximate surface area is 206 Å². The Bertz CT molecular complexity index is 1340. The van der Waals surface area contributed by atoms with Crippen molar-refractivity contribution in [2.45, 2.75) is 6.54 Å². The maximum Gasteiger partial charge on any atom is 0.234 e. The van der Waals surface area contributed by atoms with Crippen LogP contribution >= 0.6 is 11.6 Å². The minimum atomic E-state index is -0.475. The molecular formula is C25H25ClFN7O. The van der Waals surface area contributed by atoms with Gasteiger partial charge in [-0.3, -0.25) is 9.69 Å². The predicted octanol–water partition coefficient (Wildman–Crippen LogP) is 3.68. The number of nitrogens with zero attached hydrogens (tertiary/aromatic N) is 3. The highest BCUT2D eigenvalue weighted by atomic mass is 35.5. The molecular weight excluding hydrogens is 469 g/mol. The first kappa shape index (κ1) is 23.2. The van der Waals surface area contributed by atoms with Crippen molar-refractivity contribution in [1.82, 2.24) is 30.5 Å². The topological polar surface area (TPSA) is 98.0 Å². The number of rotatable bonds is 7. The molecule has 4 N–H and O–H groups in total. The zero-order chi connectivity index (χ0) is 24.2. The van der Waals surface area contributed by atoms with Crippen LogP contribution in [0.3, 0.4) is 0 Å². The molecule has 1 amide bonds. The molecule has 0 aliphatic carbocycles. The summed E-state index contributed by atoms with van der Waals surface area (Å²) in [6, 6.07) is 14.4. The fraction of sp³-hybridized carbons (Fsp3) is 0.240. The van der Waals surface area contributed by atoms with E-state index in [1.807, 2.05) is 30.3 Å². The molecule has 0 saturated carbocycles. The van der Waals surface area contributed by atoms with Crippen molar-refractivity contribution < 1.29 is 9.18 Å². The van der Waals surface area contributed by atoms with Gasteiger partial charge in [0.15, 0.2) is 0 Å². The molecule has 1 fully saturated rings. The molecule has 3 heterocycles. The Kier molecular flexibility index (Phi) is 6.89. The number of anilines is 2. The molecule has 0 atom stereocenters. The predicted molar refractivity (Wildman–Crippen MR) is 135 cm³/mol. The number of piperazine rings is 1. The van der Waals surface area contributed by atoms with Gasteiger partial charge in [-0.05, 0) is 35.4 Å². The number of hydrogen-bond donors (Lipinski definition) is 4. The van der Waals surface area contributed by atoms with Crippen molar-refractivity contribution in [3.05, 3.63) is 71.3 Å². The quantitative estimate of drug-likeness (QED) is 0.313. The first-order chi connectivity index (χ1) is 17.0. The molecule has 1 saturated heterocycles. The van der Waals surface area contributed by atoms with E-state index in [0.717, 1.165) is 48.4 Å². The summed E-state index contributed by atoms with van der Waals surface area (Å²) in [5.41, 5.74) is 4.19. The number of carbonyl (C=O) groups is 1. The average Bonchev–Trinajstić information content (AvgIpc) is 3.31. The zero-order valence-electron chi connectivity index (χ0n) is 18.9. The minimum Gasteiger partial charge on any atom is -0.351 e. The first-order valence-corrected chi connectivity index (χ1v) is 11.8. The third-order valence-corrected chi connectivity index (χ3v) is 6.23. The Morgan fingerprint density at radius 1 is 1.09 bits per heavy atom. The molecule has 35 heavy (non-hydrogen) atoms. The summed E-state index contributed by atoms with van der Waals surface area (Å²) in [4.78, 5) is 26.4. The van der Waals surface area contributed by atoms with Crippen LogP contribution in [0.2, 0.25) is 5.02 Å². The Hall–Kier alpha value is -3.53. The number of halogens is 2. The van der Waals surface area contributed by atoms with Crippen molar-refractivity contribution in [2.75, 3.05) is 38.0 Å². The summed E-state index contributed by atoms with van der Waals surface area (Å²) in [5, 5.41) is 10.3. The van der Waals surface area contributed by atoms with E-state index in [1.165, 1.54) is 18.5 Å². The molecule has 2 aromatic heterocycles. The monoisotopic (exact) mass is 493 g/mol. The molecule has 0 spiro atoms. The second kappa shape index (κ2) is 10.4. The number of hydrogen-bond acceptors (Lipinski definition) is 6. The lowest BCUT2D eigenvalue weighted by Gasteiger charge is -2.26. The van der Waals surface area contributed by atoms with Gasteiger partial charge in [0.25, 0.3) is 0 Å². The highest BCUT2D eigenvalue weighted by Crippen LogP contribution is 2.29. The van der Waals surface area contributed by atoms with Crippen LogP contribution in [0.15, 0.2) is 54.9 Å². The van der Waals surface area contributed by atoms with Crippen molar-refractivity contribution in [3.8, 4) is 11.3 Å². The summed E-state index contributed by atoms with van der Waals surface area (Å²) < 4.78 is 13.5. The molecule has 1 aliphatic rings. The fourth-order valence-corrected chi connectivity index (χ4v) is 4.22. The molecule has 0 bridgehead atoms. The molecule has 2 aromatic carbocycles. The number of benzene rings is 2. The van der Waals surface area contributed by atoms with Gasteiger partial charge in [0.2, 0.25) is 5.91 Å². The zero-order valence-corrected chi connectivity index (χ0v) is 19.7. The summed E-state index contributed by atoms with van der Waals surface area (Å²) in [5.74, 6) is 0.146. The Morgan fingerprint density at radius 2 is 1.89 bits per heavy atom. The standard InChI is InChI=1S/C25H25ClFN7O/c26-20-11-18(5-6-21(20)27)32-24-19-12-22(33-25(19)31-15-30-24)17-3-1-16(2-4-17)13-29-23(35)14-34-9-7-28-8-10-34/h1-6,11-12,15,28H,7-10,13-14H2,(H,29,35)(H2,30,31,32,33). The van der Waals surface area contributed by atoms with E-state index in [1.54, 1.807) is 6.07 Å². The number of fused-ring (bicyclic) bond motifs is 1. The minimum absolute atomic E-state index is 0.0349. The average molecular weight is 494 g/mol. The largest absolute Gasteiger partial charge is 0.351 e. The smallest absolute Gasteiger partial charge is 0.234 e. The van der Waals surface area contributed by atoms with E-state index in [4.69, 9.17) is 11.6 Å². The van der Waals surface area contributed by atoms with Gasteiger partial charge in [0, 0.05) is 44.1 Å². The fourth-order valence-electron chi connectivity index (χ4n) is 4.04. The van der Waals surface area contributed by atoms with E-state index in [-0.39, 0.29) is 10.9 Å². The maximum absolute atomic E-state index is 13.5. The Morgan fingerprint density at radius 3 is 2.66 bits per heavy atom. The van der Waals surface area contributed by atoms with Crippen molar-refractivity contribution in [3.63, 3.8) is 0 Å². The molecule has 10 heteroatoms. The SMILES string of the molecule is O=C(CN1CCNCC1)NCc1ccc(-c2cc3c(Nc4ccc(F)c(Cl)c4)ncnc3[nH]2)cc1. The second-order valence-corrected chi connectivity index (χ2v) is 8.83. The van der Waals surface area contributed by atoms with Crippen LogP contribution in [-0.2, 0) is 11.3 Å². The van der Waals surface area contributed by atoms with Crippen LogP contribution < -0.4 is 16.0 Å². The maximum atomic E-state index is 13.5. The molecule has 0 radical (unpaired) electrons. The van der Waals surface area contributed by atoms with Crippen LogP contribution in [0.4, 0.5) is 15.9 Å². The van der Waals surface area contributed by atoms with Crippen molar-refractivity contribution in [1.29, 1.82) is 0 Å². The molecule has 5 rings (SSSR count). The number of aromatic nitrogens is 3. The summed E-state index contributed by atoms with van der Waals surface area (Å²) in [6.45, 7) is 4.55. The van der Waals surface area contributed by atoms with E-state index in [0.29, 0.717) is 30.2 Å². The van der Waals surface area contributed by atoms with Crippen LogP contribution in [0, 0.1) is 5.82 Å². The van der Waals surface area contributed by atoms with Gasteiger partial charge in [-0.25, -0.2) is 14.4 Å². The number of aromatic amines is 1. The van der Waals surface area contributed by atoms with Gasteiger partial charge in [0.05, 0.1) is 17.0 Å². The lowest BCUT2D eigenvalue weighted by Crippen LogP contribution is -2.47. The summed E-state index contributed by atoms with van der Waals surface area (Å²) in [7, 11) is 0.